The van der Waals surface area contributed by atoms with E-state index in [0.29, 0.717) is 34.2 Å². The first-order valence-electron chi connectivity index (χ1n) is 7.84. The minimum absolute atomic E-state index is 0.312. The zero-order chi connectivity index (χ0) is 17.4. The van der Waals surface area contributed by atoms with Crippen molar-refractivity contribution in [1.82, 2.24) is 19.5 Å². The van der Waals surface area contributed by atoms with Gasteiger partial charge in [-0.2, -0.15) is 0 Å². The number of benzene rings is 1. The maximum absolute atomic E-state index is 6.30. The van der Waals surface area contributed by atoms with Crippen molar-refractivity contribution in [2.75, 3.05) is 24.7 Å². The number of rotatable bonds is 4. The molecule has 0 atom stereocenters. The van der Waals surface area contributed by atoms with Crippen molar-refractivity contribution in [2.45, 2.75) is 20.4 Å². The Morgan fingerprint density at radius 1 is 1.17 bits per heavy atom. The van der Waals surface area contributed by atoms with Gasteiger partial charge in [-0.25, -0.2) is 15.0 Å². The second kappa shape index (κ2) is 6.28. The molecule has 0 radical (unpaired) electrons. The minimum Gasteiger partial charge on any atom is -0.382 e. The summed E-state index contributed by atoms with van der Waals surface area (Å²) in [5.41, 5.74) is 8.64. The van der Waals surface area contributed by atoms with Gasteiger partial charge >= 0.3 is 0 Å². The average Bonchev–Trinajstić information content (AvgIpc) is 2.87. The number of nitrogens with two attached hydrogens (primary N) is 1. The molecule has 126 valence electrons. The Hall–Kier alpha value is -2.34. The molecule has 2 aromatic heterocycles. The summed E-state index contributed by atoms with van der Waals surface area (Å²) in [6, 6.07) is 8.00. The summed E-state index contributed by atoms with van der Waals surface area (Å²) in [6.45, 7) is 5.13. The highest BCUT2D eigenvalue weighted by Gasteiger charge is 2.20. The van der Waals surface area contributed by atoms with Gasteiger partial charge in [0.05, 0.1) is 11.0 Å². The molecule has 0 saturated heterocycles. The van der Waals surface area contributed by atoms with Gasteiger partial charge in [-0.15, -0.1) is 0 Å². The highest BCUT2D eigenvalue weighted by Crippen LogP contribution is 2.31. The minimum atomic E-state index is 0.312. The molecule has 0 bridgehead atoms. The fraction of sp³-hybridized carbons (Fsp3) is 0.353. The SMILES string of the molecule is CC(C)Cn1c(-c2nc(Cl)c(N(C)C)nc2N)nc2ccccc21. The normalized spacial score (nSPS) is 11.4. The predicted octanol–water partition coefficient (Wildman–Crippen LogP) is 3.45. The quantitative estimate of drug-likeness (QED) is 0.784. The molecule has 0 aliphatic heterocycles. The van der Waals surface area contributed by atoms with E-state index in [4.69, 9.17) is 22.3 Å². The molecule has 7 heteroatoms. The molecule has 2 heterocycles. The monoisotopic (exact) mass is 344 g/mol. The fourth-order valence-electron chi connectivity index (χ4n) is 2.67. The molecule has 24 heavy (non-hydrogen) atoms. The van der Waals surface area contributed by atoms with Crippen LogP contribution in [0, 0.1) is 5.92 Å². The lowest BCUT2D eigenvalue weighted by molar-refractivity contribution is 0.536. The van der Waals surface area contributed by atoms with Gasteiger partial charge in [0.15, 0.2) is 22.6 Å². The van der Waals surface area contributed by atoms with Crippen molar-refractivity contribution in [3.8, 4) is 11.5 Å². The van der Waals surface area contributed by atoms with Crippen LogP contribution < -0.4 is 10.6 Å². The second-order valence-corrected chi connectivity index (χ2v) is 6.75. The van der Waals surface area contributed by atoms with Gasteiger partial charge in [0.25, 0.3) is 0 Å². The lowest BCUT2D eigenvalue weighted by atomic mass is 10.2. The summed E-state index contributed by atoms with van der Waals surface area (Å²) < 4.78 is 2.13. The number of para-hydroxylation sites is 2. The van der Waals surface area contributed by atoms with E-state index in [0.717, 1.165) is 17.6 Å². The van der Waals surface area contributed by atoms with Crippen LogP contribution in [0.1, 0.15) is 13.8 Å². The summed E-state index contributed by atoms with van der Waals surface area (Å²) in [5.74, 6) is 2.02. The summed E-state index contributed by atoms with van der Waals surface area (Å²) >= 11 is 6.30. The van der Waals surface area contributed by atoms with Crippen LogP contribution in [0.15, 0.2) is 24.3 Å². The number of nitrogen functional groups attached to an aromatic ring is 1. The molecule has 0 spiro atoms. The van der Waals surface area contributed by atoms with Crippen LogP contribution in [-0.2, 0) is 6.54 Å². The van der Waals surface area contributed by atoms with E-state index in [-0.39, 0.29) is 0 Å². The number of anilines is 2. The van der Waals surface area contributed by atoms with Crippen LogP contribution >= 0.6 is 11.6 Å². The van der Waals surface area contributed by atoms with E-state index < -0.39 is 0 Å². The molecule has 0 saturated carbocycles. The Labute approximate surface area is 146 Å². The summed E-state index contributed by atoms with van der Waals surface area (Å²) in [7, 11) is 3.70. The Kier molecular flexibility index (Phi) is 4.32. The third-order valence-electron chi connectivity index (χ3n) is 3.70. The largest absolute Gasteiger partial charge is 0.382 e. The number of nitrogens with zero attached hydrogens (tertiary/aromatic N) is 5. The van der Waals surface area contributed by atoms with Crippen LogP contribution in [0.2, 0.25) is 5.15 Å². The third-order valence-corrected chi connectivity index (χ3v) is 3.95. The number of hydrogen-bond donors (Lipinski definition) is 1. The second-order valence-electron chi connectivity index (χ2n) is 6.39. The lowest BCUT2D eigenvalue weighted by Gasteiger charge is -2.16. The standard InChI is InChI=1S/C17H21ClN6/c1-10(2)9-24-12-8-6-5-7-11(12)20-16(24)13-15(19)22-17(23(3)4)14(18)21-13/h5-8,10H,9H2,1-4H3,(H2,19,22). The summed E-state index contributed by atoms with van der Waals surface area (Å²) in [4.78, 5) is 15.4. The van der Waals surface area contributed by atoms with Crippen LogP contribution in [0.4, 0.5) is 11.6 Å². The first-order chi connectivity index (χ1) is 11.4. The Morgan fingerprint density at radius 3 is 2.54 bits per heavy atom. The van der Waals surface area contributed by atoms with Gasteiger partial charge in [0.2, 0.25) is 0 Å². The van der Waals surface area contributed by atoms with E-state index >= 15 is 0 Å². The lowest BCUT2D eigenvalue weighted by Crippen LogP contribution is -2.15. The maximum Gasteiger partial charge on any atom is 0.172 e. The molecule has 0 fully saturated rings. The van der Waals surface area contributed by atoms with Crippen molar-refractivity contribution in [3.05, 3.63) is 29.4 Å². The predicted molar refractivity (Wildman–Crippen MR) is 99.3 cm³/mol. The first kappa shape index (κ1) is 16.5. The molecule has 3 rings (SSSR count). The van der Waals surface area contributed by atoms with Crippen molar-refractivity contribution in [1.29, 1.82) is 0 Å². The molecular weight excluding hydrogens is 324 g/mol. The topological polar surface area (TPSA) is 72.9 Å². The number of aromatic nitrogens is 4. The van der Waals surface area contributed by atoms with E-state index in [1.165, 1.54) is 0 Å². The van der Waals surface area contributed by atoms with Crippen LogP contribution in [-0.4, -0.2) is 33.6 Å². The molecule has 0 aliphatic carbocycles. The van der Waals surface area contributed by atoms with Gasteiger partial charge in [-0.3, -0.25) is 0 Å². The van der Waals surface area contributed by atoms with E-state index in [9.17, 15) is 0 Å². The molecule has 0 amide bonds. The highest BCUT2D eigenvalue weighted by molar-refractivity contribution is 6.31. The number of hydrogen-bond acceptors (Lipinski definition) is 5. The van der Waals surface area contributed by atoms with Crippen molar-refractivity contribution in [3.63, 3.8) is 0 Å². The fourth-order valence-corrected chi connectivity index (χ4v) is 2.97. The van der Waals surface area contributed by atoms with Crippen molar-refractivity contribution < 1.29 is 0 Å². The number of halogens is 1. The highest BCUT2D eigenvalue weighted by atomic mass is 35.5. The zero-order valence-corrected chi connectivity index (χ0v) is 15.0. The molecule has 3 aromatic rings. The average molecular weight is 345 g/mol. The molecule has 6 nitrogen and oxygen atoms in total. The van der Waals surface area contributed by atoms with Gasteiger partial charge in [-0.05, 0) is 18.1 Å². The van der Waals surface area contributed by atoms with E-state index in [2.05, 4.69) is 28.4 Å². The van der Waals surface area contributed by atoms with Gasteiger partial charge in [0.1, 0.15) is 5.69 Å². The van der Waals surface area contributed by atoms with E-state index in [1.54, 1.807) is 4.90 Å². The van der Waals surface area contributed by atoms with Gasteiger partial charge in [0, 0.05) is 20.6 Å². The van der Waals surface area contributed by atoms with Crippen LogP contribution in [0.3, 0.4) is 0 Å². The van der Waals surface area contributed by atoms with Crippen LogP contribution in [0.25, 0.3) is 22.6 Å². The third kappa shape index (κ3) is 2.89. The van der Waals surface area contributed by atoms with Crippen molar-refractivity contribution >= 4 is 34.3 Å². The molecule has 2 N–H and O–H groups in total. The summed E-state index contributed by atoms with van der Waals surface area (Å²) in [5, 5.41) is 0.312. The Morgan fingerprint density at radius 2 is 1.88 bits per heavy atom. The molecule has 0 unspecified atom stereocenters. The van der Waals surface area contributed by atoms with E-state index in [1.807, 2.05) is 38.4 Å². The van der Waals surface area contributed by atoms with Gasteiger partial charge < -0.3 is 15.2 Å². The van der Waals surface area contributed by atoms with Crippen molar-refractivity contribution in [2.24, 2.45) is 5.92 Å². The number of fused-ring (bicyclic) bond motifs is 1. The molecule has 1 aromatic carbocycles. The molecule has 0 aliphatic rings. The molecular formula is C17H21ClN6. The number of imidazole rings is 1. The Balaban J connectivity index is 2.24. The van der Waals surface area contributed by atoms with Gasteiger partial charge in [-0.1, -0.05) is 37.6 Å². The first-order valence-corrected chi connectivity index (χ1v) is 8.22. The maximum atomic E-state index is 6.30. The Bertz CT molecular complexity index is 884. The van der Waals surface area contributed by atoms with Crippen LogP contribution in [0.5, 0.6) is 0 Å². The smallest absolute Gasteiger partial charge is 0.172 e. The zero-order valence-electron chi connectivity index (χ0n) is 14.3. The summed E-state index contributed by atoms with van der Waals surface area (Å²) in [6.07, 6.45) is 0.